The zero-order valence-corrected chi connectivity index (χ0v) is 22.3. The van der Waals surface area contributed by atoms with E-state index in [1.807, 2.05) is 17.0 Å². The van der Waals surface area contributed by atoms with Crippen LogP contribution in [0.4, 0.5) is 14.6 Å². The number of benzene rings is 2. The number of carbonyl (C=O) groups is 2. The van der Waals surface area contributed by atoms with Crippen molar-refractivity contribution in [3.63, 3.8) is 0 Å². The van der Waals surface area contributed by atoms with Crippen LogP contribution in [-0.4, -0.2) is 40.3 Å². The van der Waals surface area contributed by atoms with Crippen LogP contribution in [0.5, 0.6) is 0 Å². The van der Waals surface area contributed by atoms with Crippen molar-refractivity contribution < 1.29 is 18.4 Å². The molecule has 3 aromatic rings. The lowest BCUT2D eigenvalue weighted by Gasteiger charge is -2.45. The number of nitrogens with zero attached hydrogens (tertiary/aromatic N) is 2. The van der Waals surface area contributed by atoms with E-state index >= 15 is 0 Å². The quantitative estimate of drug-likeness (QED) is 0.487. The van der Waals surface area contributed by atoms with E-state index in [0.717, 1.165) is 55.7 Å². The summed E-state index contributed by atoms with van der Waals surface area (Å²) in [6.07, 6.45) is 8.10. The van der Waals surface area contributed by atoms with Gasteiger partial charge in [-0.3, -0.25) is 9.59 Å². The van der Waals surface area contributed by atoms with Gasteiger partial charge in [0.05, 0.1) is 17.0 Å². The number of carbonyl (C=O) groups excluding carboxylic acids is 2. The molecule has 2 aliphatic carbocycles. The first kappa shape index (κ1) is 25.3. The van der Waals surface area contributed by atoms with Crippen molar-refractivity contribution in [1.82, 2.24) is 15.2 Å². The molecule has 7 rings (SSSR count). The molecule has 3 heterocycles. The fourth-order valence-corrected chi connectivity index (χ4v) is 7.52. The lowest BCUT2D eigenvalue weighted by Crippen LogP contribution is -2.64. The zero-order chi connectivity index (χ0) is 27.5. The second-order valence-electron chi connectivity index (χ2n) is 11.9. The Labute approximate surface area is 232 Å². The van der Waals surface area contributed by atoms with Crippen LogP contribution in [0.1, 0.15) is 66.0 Å². The Bertz CT molecular complexity index is 1500. The first-order chi connectivity index (χ1) is 19.4. The summed E-state index contributed by atoms with van der Waals surface area (Å²) in [7, 11) is 0. The van der Waals surface area contributed by atoms with Gasteiger partial charge >= 0.3 is 0 Å². The smallest absolute Gasteiger partial charge is 0.243 e. The van der Waals surface area contributed by atoms with Crippen molar-refractivity contribution in [3.8, 4) is 0 Å². The molecular weight excluding hydrogens is 510 g/mol. The van der Waals surface area contributed by atoms with E-state index in [1.165, 1.54) is 23.3 Å². The van der Waals surface area contributed by atoms with Crippen molar-refractivity contribution in [2.75, 3.05) is 18.4 Å². The summed E-state index contributed by atoms with van der Waals surface area (Å²) >= 11 is 0. The van der Waals surface area contributed by atoms with E-state index in [2.05, 4.69) is 33.8 Å². The van der Waals surface area contributed by atoms with E-state index in [-0.39, 0.29) is 11.8 Å². The molecule has 2 N–H and O–H groups in total. The number of nitrogens with one attached hydrogen (secondary N) is 2. The summed E-state index contributed by atoms with van der Waals surface area (Å²) in [6.45, 7) is 0.988. The van der Waals surface area contributed by atoms with Crippen molar-refractivity contribution in [3.05, 3.63) is 94.2 Å². The number of aromatic nitrogens is 1. The van der Waals surface area contributed by atoms with Gasteiger partial charge in [-0.15, -0.1) is 0 Å². The standard InChI is InChI=1S/C32H32F2N4O2/c33-24-14-22(15-25(34)16-24)27-19-36-32(9-1-2-10-32)30(40)38(27)12-4-5-20-7-8-21-17-31(18-23(21)13-20)26-6-3-11-35-28(26)37-29(31)39/h3,6-8,11,13-16,27,36H,1-2,4-5,9-10,12,17-19H2,(H,35,37,39)/t27?,31-/m0/s1. The molecule has 1 saturated carbocycles. The highest BCUT2D eigenvalue weighted by Gasteiger charge is 2.51. The summed E-state index contributed by atoms with van der Waals surface area (Å²) in [5.41, 5.74) is 3.82. The van der Waals surface area contributed by atoms with Gasteiger partial charge in [0, 0.05) is 30.9 Å². The number of pyridine rings is 1. The average Bonchev–Trinajstić information content (AvgIpc) is 3.63. The lowest BCUT2D eigenvalue weighted by atomic mass is 9.79. The van der Waals surface area contributed by atoms with Crippen molar-refractivity contribution >= 4 is 17.6 Å². The Balaban J connectivity index is 1.09. The Morgan fingerprint density at radius 3 is 2.55 bits per heavy atom. The van der Waals surface area contributed by atoms with Crippen molar-refractivity contribution in [2.45, 2.75) is 68.4 Å². The normalized spacial score (nSPS) is 24.6. The summed E-state index contributed by atoms with van der Waals surface area (Å²) in [6, 6.07) is 13.4. The van der Waals surface area contributed by atoms with Gasteiger partial charge < -0.3 is 15.5 Å². The molecule has 4 aliphatic rings. The van der Waals surface area contributed by atoms with Gasteiger partial charge in [-0.25, -0.2) is 13.8 Å². The van der Waals surface area contributed by atoms with Gasteiger partial charge in [-0.2, -0.15) is 0 Å². The summed E-state index contributed by atoms with van der Waals surface area (Å²) in [5.74, 6) is -0.546. The molecule has 1 unspecified atom stereocenters. The zero-order valence-electron chi connectivity index (χ0n) is 22.3. The molecule has 1 saturated heterocycles. The molecule has 206 valence electrons. The number of hydrogen-bond acceptors (Lipinski definition) is 4. The van der Waals surface area contributed by atoms with Crippen molar-refractivity contribution in [1.29, 1.82) is 0 Å². The molecule has 2 spiro atoms. The minimum atomic E-state index is -0.631. The molecule has 8 heteroatoms. The number of anilines is 1. The molecular formula is C32H32F2N4O2. The Morgan fingerprint density at radius 2 is 1.75 bits per heavy atom. The number of hydrogen-bond donors (Lipinski definition) is 2. The number of rotatable bonds is 5. The van der Waals surface area contributed by atoms with Gasteiger partial charge in [0.2, 0.25) is 11.8 Å². The Morgan fingerprint density at radius 1 is 0.975 bits per heavy atom. The highest BCUT2D eigenvalue weighted by molar-refractivity contribution is 6.06. The van der Waals surface area contributed by atoms with Crippen LogP contribution in [0.2, 0.25) is 0 Å². The lowest BCUT2D eigenvalue weighted by molar-refractivity contribution is -0.145. The summed E-state index contributed by atoms with van der Waals surface area (Å²) in [5, 5.41) is 6.42. The minimum Gasteiger partial charge on any atom is -0.333 e. The number of halogens is 2. The largest absolute Gasteiger partial charge is 0.333 e. The first-order valence-corrected chi connectivity index (χ1v) is 14.3. The Hall–Kier alpha value is -3.65. The third kappa shape index (κ3) is 4.03. The maximum Gasteiger partial charge on any atom is 0.243 e. The number of amides is 2. The van der Waals surface area contributed by atoms with Gasteiger partial charge in [0.15, 0.2) is 0 Å². The molecule has 6 nitrogen and oxygen atoms in total. The second-order valence-corrected chi connectivity index (χ2v) is 11.9. The second kappa shape index (κ2) is 9.47. The summed E-state index contributed by atoms with van der Waals surface area (Å²) < 4.78 is 28.2. The maximum atomic E-state index is 14.1. The topological polar surface area (TPSA) is 74.3 Å². The van der Waals surface area contributed by atoms with E-state index < -0.39 is 28.6 Å². The predicted molar refractivity (Wildman–Crippen MR) is 147 cm³/mol. The van der Waals surface area contributed by atoms with E-state index in [1.54, 1.807) is 6.20 Å². The molecule has 2 aromatic carbocycles. The minimum absolute atomic E-state index is 0.0110. The van der Waals surface area contributed by atoms with E-state index in [4.69, 9.17) is 0 Å². The van der Waals surface area contributed by atoms with Gasteiger partial charge in [0.1, 0.15) is 17.5 Å². The first-order valence-electron chi connectivity index (χ1n) is 14.3. The van der Waals surface area contributed by atoms with Crippen LogP contribution in [-0.2, 0) is 34.3 Å². The molecule has 40 heavy (non-hydrogen) atoms. The molecule has 2 aliphatic heterocycles. The van der Waals surface area contributed by atoms with Crippen LogP contribution in [0.25, 0.3) is 0 Å². The SMILES string of the molecule is O=C1N(CCCc2ccc3c(c2)C[C@]2(C3)C(=O)Nc3ncccc32)C(c2cc(F)cc(F)c2)CNC12CCCC2. The fraction of sp³-hybridized carbons (Fsp3) is 0.406. The van der Waals surface area contributed by atoms with Gasteiger partial charge in [0.25, 0.3) is 0 Å². The van der Waals surface area contributed by atoms with Gasteiger partial charge in [-0.1, -0.05) is 37.1 Å². The van der Waals surface area contributed by atoms with Crippen LogP contribution < -0.4 is 10.6 Å². The third-order valence-corrected chi connectivity index (χ3v) is 9.52. The van der Waals surface area contributed by atoms with Crippen LogP contribution in [0.15, 0.2) is 54.7 Å². The maximum absolute atomic E-state index is 14.1. The van der Waals surface area contributed by atoms with Crippen molar-refractivity contribution in [2.24, 2.45) is 0 Å². The van der Waals surface area contributed by atoms with E-state index in [0.29, 0.717) is 37.3 Å². The third-order valence-electron chi connectivity index (χ3n) is 9.52. The van der Waals surface area contributed by atoms with Crippen LogP contribution in [0.3, 0.4) is 0 Å². The summed E-state index contributed by atoms with van der Waals surface area (Å²) in [4.78, 5) is 33.1. The molecule has 2 atom stereocenters. The average molecular weight is 543 g/mol. The van der Waals surface area contributed by atoms with Gasteiger partial charge in [-0.05, 0) is 79.0 Å². The molecule has 0 radical (unpaired) electrons. The van der Waals surface area contributed by atoms with Crippen LogP contribution in [0, 0.1) is 11.6 Å². The predicted octanol–water partition coefficient (Wildman–Crippen LogP) is 4.77. The fourth-order valence-electron chi connectivity index (χ4n) is 7.52. The molecule has 1 aromatic heterocycles. The van der Waals surface area contributed by atoms with E-state index in [9.17, 15) is 18.4 Å². The number of piperazine rings is 1. The molecule has 2 amide bonds. The highest BCUT2D eigenvalue weighted by Crippen LogP contribution is 2.46. The Kier molecular flexibility index (Phi) is 6.00. The number of aryl methyl sites for hydroxylation is 1. The van der Waals surface area contributed by atoms with Crippen LogP contribution >= 0.6 is 0 Å². The molecule has 2 fully saturated rings. The molecule has 0 bridgehead atoms. The number of fused-ring (bicyclic) bond motifs is 3. The highest BCUT2D eigenvalue weighted by atomic mass is 19.1. The monoisotopic (exact) mass is 542 g/mol.